The fourth-order valence-electron chi connectivity index (χ4n) is 3.11. The Morgan fingerprint density at radius 2 is 1.68 bits per heavy atom. The molecule has 1 aliphatic heterocycles. The van der Waals surface area contributed by atoms with Crippen LogP contribution in [0.25, 0.3) is 0 Å². The van der Waals surface area contributed by atoms with Gasteiger partial charge in [-0.3, -0.25) is 5.01 Å². The van der Waals surface area contributed by atoms with Crippen molar-refractivity contribution in [1.82, 2.24) is 0 Å². The Morgan fingerprint density at radius 1 is 1.08 bits per heavy atom. The molecular formula is C18H15Cl3N2O2. The first-order chi connectivity index (χ1) is 11.7. The van der Waals surface area contributed by atoms with E-state index in [4.69, 9.17) is 34.8 Å². The first kappa shape index (κ1) is 18.1. The number of carbonyl (C=O) groups is 1. The van der Waals surface area contributed by atoms with Crippen LogP contribution in [-0.2, 0) is 4.79 Å². The van der Waals surface area contributed by atoms with E-state index in [0.717, 1.165) is 5.56 Å². The third-order valence-electron chi connectivity index (χ3n) is 4.29. The van der Waals surface area contributed by atoms with Crippen molar-refractivity contribution in [2.75, 3.05) is 5.01 Å². The predicted octanol–water partition coefficient (Wildman–Crippen LogP) is 5.67. The molecule has 0 radical (unpaired) electrons. The largest absolute Gasteiger partial charge is 0.477 e. The molecule has 0 amide bonds. The Balaban J connectivity index is 2.18. The molecule has 0 bridgehead atoms. The van der Waals surface area contributed by atoms with Gasteiger partial charge in [-0.1, -0.05) is 60.8 Å². The number of hydrogen-bond donors (Lipinski definition) is 1. The summed E-state index contributed by atoms with van der Waals surface area (Å²) in [5.41, 5.74) is 0.803. The zero-order chi connectivity index (χ0) is 18.4. The summed E-state index contributed by atoms with van der Waals surface area (Å²) >= 11 is 18.3. The number of carboxylic acid groups (broad SMARTS) is 1. The topological polar surface area (TPSA) is 52.9 Å². The number of anilines is 1. The van der Waals surface area contributed by atoms with Crippen molar-refractivity contribution in [3.63, 3.8) is 0 Å². The number of rotatable bonds is 3. The Hall–Kier alpha value is -1.75. The van der Waals surface area contributed by atoms with Gasteiger partial charge in [0, 0.05) is 15.5 Å². The molecule has 1 unspecified atom stereocenters. The molecule has 130 valence electrons. The smallest absolute Gasteiger partial charge is 0.352 e. The number of aliphatic carboxylic acids is 1. The molecule has 1 aliphatic rings. The van der Waals surface area contributed by atoms with Crippen molar-refractivity contribution < 1.29 is 9.90 Å². The molecule has 0 aromatic heterocycles. The molecule has 2 aromatic rings. The molecule has 0 aliphatic carbocycles. The molecule has 1 heterocycles. The summed E-state index contributed by atoms with van der Waals surface area (Å²) in [7, 11) is 0. The molecule has 0 fully saturated rings. The highest BCUT2D eigenvalue weighted by molar-refractivity contribution is 6.39. The quantitative estimate of drug-likeness (QED) is 0.725. The van der Waals surface area contributed by atoms with Gasteiger partial charge in [0.2, 0.25) is 0 Å². The van der Waals surface area contributed by atoms with E-state index in [2.05, 4.69) is 5.10 Å². The highest BCUT2D eigenvalue weighted by Gasteiger charge is 2.48. The van der Waals surface area contributed by atoms with Crippen LogP contribution in [0.4, 0.5) is 5.69 Å². The summed E-state index contributed by atoms with van der Waals surface area (Å²) in [5.74, 6) is -1.06. The van der Waals surface area contributed by atoms with E-state index < -0.39 is 11.4 Å². The van der Waals surface area contributed by atoms with E-state index in [1.54, 1.807) is 35.3 Å². The van der Waals surface area contributed by atoms with Crippen LogP contribution in [0, 0.1) is 5.41 Å². The molecule has 4 nitrogen and oxygen atoms in total. The molecule has 25 heavy (non-hydrogen) atoms. The number of hydrazone groups is 1. The van der Waals surface area contributed by atoms with Crippen molar-refractivity contribution in [2.45, 2.75) is 19.9 Å². The van der Waals surface area contributed by atoms with E-state index in [1.807, 2.05) is 26.0 Å². The van der Waals surface area contributed by atoms with Gasteiger partial charge in [0.15, 0.2) is 5.71 Å². The first-order valence-electron chi connectivity index (χ1n) is 7.54. The van der Waals surface area contributed by atoms with Gasteiger partial charge in [-0.15, -0.1) is 0 Å². The molecule has 0 saturated carbocycles. The van der Waals surface area contributed by atoms with Crippen molar-refractivity contribution in [3.8, 4) is 0 Å². The van der Waals surface area contributed by atoms with Crippen molar-refractivity contribution in [2.24, 2.45) is 10.5 Å². The maximum absolute atomic E-state index is 11.7. The lowest BCUT2D eigenvalue weighted by atomic mass is 9.77. The van der Waals surface area contributed by atoms with E-state index in [0.29, 0.717) is 20.8 Å². The second-order valence-electron chi connectivity index (χ2n) is 6.37. The molecule has 3 rings (SSSR count). The van der Waals surface area contributed by atoms with Crippen LogP contribution < -0.4 is 5.01 Å². The molecule has 0 saturated heterocycles. The van der Waals surface area contributed by atoms with Crippen molar-refractivity contribution >= 4 is 52.2 Å². The molecule has 0 spiro atoms. The Kier molecular flexibility index (Phi) is 4.71. The standard InChI is InChI=1S/C18H15Cl3N2O2/c1-18(2)15(17(24)25)22-23(14-8-7-12(20)9-13(14)21)16(18)10-3-5-11(19)6-4-10/h3-9,16H,1-2H3,(H,24,25). The SMILES string of the molecule is CC1(C)C(C(=O)O)=NN(c2ccc(Cl)cc2Cl)C1c1ccc(Cl)cc1. The van der Waals surface area contributed by atoms with Crippen LogP contribution in [0.1, 0.15) is 25.5 Å². The summed E-state index contributed by atoms with van der Waals surface area (Å²) in [5, 5.41) is 17.1. The van der Waals surface area contributed by atoms with E-state index in [1.165, 1.54) is 0 Å². The lowest BCUT2D eigenvalue weighted by molar-refractivity contribution is -0.129. The van der Waals surface area contributed by atoms with Gasteiger partial charge in [0.05, 0.1) is 16.8 Å². The minimum atomic E-state index is -1.06. The highest BCUT2D eigenvalue weighted by Crippen LogP contribution is 2.48. The van der Waals surface area contributed by atoms with Crippen LogP contribution in [0.3, 0.4) is 0 Å². The lowest BCUT2D eigenvalue weighted by Crippen LogP contribution is -2.35. The molecule has 7 heteroatoms. The van der Waals surface area contributed by atoms with Gasteiger partial charge < -0.3 is 5.11 Å². The Morgan fingerprint density at radius 3 is 2.24 bits per heavy atom. The normalized spacial score (nSPS) is 19.0. The minimum Gasteiger partial charge on any atom is -0.477 e. The summed E-state index contributed by atoms with van der Waals surface area (Å²) in [6.45, 7) is 3.70. The number of benzene rings is 2. The van der Waals surface area contributed by atoms with Crippen molar-refractivity contribution in [1.29, 1.82) is 0 Å². The van der Waals surface area contributed by atoms with Crippen LogP contribution in [0.15, 0.2) is 47.6 Å². The fourth-order valence-corrected chi connectivity index (χ4v) is 3.73. The molecule has 1 atom stereocenters. The molecule has 2 aromatic carbocycles. The number of nitrogens with zero attached hydrogens (tertiary/aromatic N) is 2. The number of carboxylic acids is 1. The highest BCUT2D eigenvalue weighted by atomic mass is 35.5. The van der Waals surface area contributed by atoms with Gasteiger partial charge in [-0.2, -0.15) is 5.10 Å². The number of hydrogen-bond acceptors (Lipinski definition) is 3. The van der Waals surface area contributed by atoms with Crippen molar-refractivity contribution in [3.05, 3.63) is 63.1 Å². The molecule has 1 N–H and O–H groups in total. The average molecular weight is 398 g/mol. The number of halogens is 3. The van der Waals surface area contributed by atoms with E-state index >= 15 is 0 Å². The van der Waals surface area contributed by atoms with Crippen LogP contribution in [0.5, 0.6) is 0 Å². The van der Waals surface area contributed by atoms with E-state index in [9.17, 15) is 9.90 Å². The zero-order valence-electron chi connectivity index (χ0n) is 13.5. The van der Waals surface area contributed by atoms with Gasteiger partial charge in [0.1, 0.15) is 0 Å². The third kappa shape index (κ3) is 3.22. The van der Waals surface area contributed by atoms with Gasteiger partial charge >= 0.3 is 5.97 Å². The van der Waals surface area contributed by atoms with Crippen LogP contribution in [-0.4, -0.2) is 16.8 Å². The maximum atomic E-state index is 11.7. The van der Waals surface area contributed by atoms with Crippen LogP contribution >= 0.6 is 34.8 Å². The maximum Gasteiger partial charge on any atom is 0.352 e. The fraction of sp³-hybridized carbons (Fsp3) is 0.222. The first-order valence-corrected chi connectivity index (χ1v) is 8.67. The second kappa shape index (κ2) is 6.52. The summed E-state index contributed by atoms with van der Waals surface area (Å²) in [6, 6.07) is 12.0. The van der Waals surface area contributed by atoms with Gasteiger partial charge in [-0.05, 0) is 35.9 Å². The second-order valence-corrected chi connectivity index (χ2v) is 7.65. The Bertz CT molecular complexity index is 863. The Labute approximate surface area is 160 Å². The van der Waals surface area contributed by atoms with Crippen LogP contribution in [0.2, 0.25) is 15.1 Å². The lowest BCUT2D eigenvalue weighted by Gasteiger charge is -2.33. The third-order valence-corrected chi connectivity index (χ3v) is 5.08. The van der Waals surface area contributed by atoms with Gasteiger partial charge in [-0.25, -0.2) is 4.79 Å². The monoisotopic (exact) mass is 396 g/mol. The summed E-state index contributed by atoms with van der Waals surface area (Å²) < 4.78 is 0. The van der Waals surface area contributed by atoms with Gasteiger partial charge in [0.25, 0.3) is 0 Å². The zero-order valence-corrected chi connectivity index (χ0v) is 15.8. The molecular weight excluding hydrogens is 383 g/mol. The summed E-state index contributed by atoms with van der Waals surface area (Å²) in [4.78, 5) is 11.7. The average Bonchev–Trinajstić information content (AvgIpc) is 2.80. The van der Waals surface area contributed by atoms with E-state index in [-0.39, 0.29) is 11.8 Å². The minimum absolute atomic E-state index is 0.0680. The predicted molar refractivity (Wildman–Crippen MR) is 102 cm³/mol. The summed E-state index contributed by atoms with van der Waals surface area (Å²) in [6.07, 6.45) is 0.